The number of furan rings is 1. The van der Waals surface area contributed by atoms with Crippen LogP contribution in [0, 0.1) is 0 Å². The van der Waals surface area contributed by atoms with E-state index in [1.807, 2.05) is 6.07 Å². The van der Waals surface area contributed by atoms with Gasteiger partial charge in [0.25, 0.3) is 0 Å². The fraction of sp³-hybridized carbons (Fsp3) is 0.471. The normalized spacial score (nSPS) is 17.5. The average molecular weight is 348 g/mol. The molecule has 0 aromatic carbocycles. The molecule has 0 unspecified atom stereocenters. The second kappa shape index (κ2) is 8.32. The monoisotopic (exact) mass is 348 g/mol. The molecule has 1 atom stereocenters. The highest BCUT2D eigenvalue weighted by atomic mass is 32.1. The van der Waals surface area contributed by atoms with Crippen molar-refractivity contribution < 1.29 is 9.21 Å². The summed E-state index contributed by atoms with van der Waals surface area (Å²) in [4.78, 5) is 18.2. The van der Waals surface area contributed by atoms with E-state index in [0.29, 0.717) is 13.1 Å². The third-order valence-electron chi connectivity index (χ3n) is 4.34. The van der Waals surface area contributed by atoms with Crippen LogP contribution < -0.4 is 10.6 Å². The van der Waals surface area contributed by atoms with Crippen LogP contribution in [0.25, 0.3) is 0 Å². The summed E-state index contributed by atoms with van der Waals surface area (Å²) >= 11 is 1.75. The van der Waals surface area contributed by atoms with Crippen LogP contribution in [0.15, 0.2) is 40.5 Å². The number of likely N-dealkylation sites (N-methyl/N-ethyl adjacent to an activating group) is 1. The second-order valence-electron chi connectivity index (χ2n) is 6.07. The van der Waals surface area contributed by atoms with Gasteiger partial charge in [-0.15, -0.1) is 11.3 Å². The SMILES string of the molecule is CN1CCN([C@@H](CNC(=O)NCc2ccoc2)c2cccs2)CC1. The van der Waals surface area contributed by atoms with Gasteiger partial charge in [0.2, 0.25) is 0 Å². The summed E-state index contributed by atoms with van der Waals surface area (Å²) in [5.74, 6) is 0. The summed E-state index contributed by atoms with van der Waals surface area (Å²) in [6.45, 7) is 5.26. The van der Waals surface area contributed by atoms with E-state index in [-0.39, 0.29) is 12.1 Å². The summed E-state index contributed by atoms with van der Waals surface area (Å²) in [6.07, 6.45) is 3.24. The minimum atomic E-state index is -0.146. The molecular weight excluding hydrogens is 324 g/mol. The van der Waals surface area contributed by atoms with Crippen LogP contribution in [0.2, 0.25) is 0 Å². The Bertz CT molecular complexity index is 607. The molecule has 0 bridgehead atoms. The van der Waals surface area contributed by atoms with E-state index in [4.69, 9.17) is 4.42 Å². The molecule has 1 saturated heterocycles. The quantitative estimate of drug-likeness (QED) is 0.840. The largest absolute Gasteiger partial charge is 0.472 e. The number of nitrogens with one attached hydrogen (secondary N) is 2. The first kappa shape index (κ1) is 17.0. The van der Waals surface area contributed by atoms with Crippen LogP contribution in [0.1, 0.15) is 16.5 Å². The summed E-state index contributed by atoms with van der Waals surface area (Å²) in [7, 11) is 2.15. The van der Waals surface area contributed by atoms with Crippen LogP contribution >= 0.6 is 11.3 Å². The molecule has 2 aromatic heterocycles. The zero-order valence-electron chi connectivity index (χ0n) is 13.9. The molecule has 0 aliphatic carbocycles. The molecular formula is C17H24N4O2S. The Labute approximate surface area is 146 Å². The molecule has 1 fully saturated rings. The molecule has 0 radical (unpaired) electrons. The van der Waals surface area contributed by atoms with E-state index >= 15 is 0 Å². The van der Waals surface area contributed by atoms with Gasteiger partial charge < -0.3 is 20.0 Å². The third-order valence-corrected chi connectivity index (χ3v) is 5.31. The summed E-state index contributed by atoms with van der Waals surface area (Å²) < 4.78 is 5.00. The fourth-order valence-electron chi connectivity index (χ4n) is 2.85. The molecule has 3 heterocycles. The van der Waals surface area contributed by atoms with Crippen LogP contribution in [0.5, 0.6) is 0 Å². The van der Waals surface area contributed by atoms with Crippen molar-refractivity contribution in [2.24, 2.45) is 0 Å². The fourth-order valence-corrected chi connectivity index (χ4v) is 3.71. The van der Waals surface area contributed by atoms with Gasteiger partial charge in [-0.25, -0.2) is 4.79 Å². The van der Waals surface area contributed by atoms with Gasteiger partial charge in [-0.2, -0.15) is 0 Å². The zero-order valence-corrected chi connectivity index (χ0v) is 14.7. The van der Waals surface area contributed by atoms with E-state index in [1.54, 1.807) is 23.9 Å². The Kier molecular flexibility index (Phi) is 5.90. The third kappa shape index (κ3) is 4.59. The lowest BCUT2D eigenvalue weighted by molar-refractivity contribution is 0.112. The van der Waals surface area contributed by atoms with Crippen LogP contribution in [-0.4, -0.2) is 55.6 Å². The van der Waals surface area contributed by atoms with E-state index in [0.717, 1.165) is 31.7 Å². The molecule has 2 amide bonds. The van der Waals surface area contributed by atoms with Gasteiger partial charge in [-0.05, 0) is 24.6 Å². The summed E-state index contributed by atoms with van der Waals surface area (Å²) in [5.41, 5.74) is 0.957. The lowest BCUT2D eigenvalue weighted by Gasteiger charge is -2.37. The lowest BCUT2D eigenvalue weighted by Crippen LogP contribution is -2.49. The highest BCUT2D eigenvalue weighted by molar-refractivity contribution is 7.10. The first-order valence-electron chi connectivity index (χ1n) is 8.21. The number of hydrogen-bond acceptors (Lipinski definition) is 5. The lowest BCUT2D eigenvalue weighted by atomic mass is 10.1. The van der Waals surface area contributed by atoms with Crippen molar-refractivity contribution in [1.29, 1.82) is 0 Å². The van der Waals surface area contributed by atoms with Crippen molar-refractivity contribution in [3.63, 3.8) is 0 Å². The average Bonchev–Trinajstić information content (AvgIpc) is 3.28. The molecule has 130 valence electrons. The van der Waals surface area contributed by atoms with Gasteiger partial charge in [0.15, 0.2) is 0 Å². The van der Waals surface area contributed by atoms with Crippen LogP contribution in [0.3, 0.4) is 0 Å². The number of hydrogen-bond donors (Lipinski definition) is 2. The van der Waals surface area contributed by atoms with Gasteiger partial charge in [-0.3, -0.25) is 4.90 Å². The predicted octanol–water partition coefficient (Wildman–Crippen LogP) is 2.13. The molecule has 1 aliphatic heterocycles. The van der Waals surface area contributed by atoms with Gasteiger partial charge in [0.1, 0.15) is 0 Å². The Morgan fingerprint density at radius 3 is 2.79 bits per heavy atom. The number of carbonyl (C=O) groups is 1. The molecule has 7 heteroatoms. The van der Waals surface area contributed by atoms with Crippen molar-refractivity contribution in [3.05, 3.63) is 46.5 Å². The van der Waals surface area contributed by atoms with Crippen molar-refractivity contribution in [2.45, 2.75) is 12.6 Å². The smallest absolute Gasteiger partial charge is 0.315 e. The van der Waals surface area contributed by atoms with Gasteiger partial charge in [0, 0.05) is 49.7 Å². The number of urea groups is 1. The molecule has 24 heavy (non-hydrogen) atoms. The number of piperazine rings is 1. The number of carbonyl (C=O) groups excluding carboxylic acids is 1. The summed E-state index contributed by atoms with van der Waals surface area (Å²) in [6, 6.07) is 6.16. The maximum absolute atomic E-state index is 12.1. The molecule has 2 aromatic rings. The molecule has 1 aliphatic rings. The number of rotatable bonds is 6. The molecule has 6 nitrogen and oxygen atoms in total. The van der Waals surface area contributed by atoms with Crippen molar-refractivity contribution >= 4 is 17.4 Å². The second-order valence-corrected chi connectivity index (χ2v) is 7.04. The Morgan fingerprint density at radius 1 is 1.29 bits per heavy atom. The Morgan fingerprint density at radius 2 is 2.12 bits per heavy atom. The number of amides is 2. The molecule has 0 spiro atoms. The maximum atomic E-state index is 12.1. The number of nitrogens with zero attached hydrogens (tertiary/aromatic N) is 2. The maximum Gasteiger partial charge on any atom is 0.315 e. The van der Waals surface area contributed by atoms with Gasteiger partial charge in [0.05, 0.1) is 18.6 Å². The highest BCUT2D eigenvalue weighted by Gasteiger charge is 2.25. The Hall–Kier alpha value is -1.83. The minimum Gasteiger partial charge on any atom is -0.472 e. The van der Waals surface area contributed by atoms with E-state index < -0.39 is 0 Å². The standard InChI is InChI=1S/C17H24N4O2S/c1-20-5-7-21(8-6-20)15(16-3-2-10-24-16)12-19-17(22)18-11-14-4-9-23-13-14/h2-4,9-10,13,15H,5-8,11-12H2,1H3,(H2,18,19,22)/t15-/m0/s1. The van der Waals surface area contributed by atoms with Crippen LogP contribution in [-0.2, 0) is 6.54 Å². The predicted molar refractivity (Wildman–Crippen MR) is 95.1 cm³/mol. The van der Waals surface area contributed by atoms with Crippen LogP contribution in [0.4, 0.5) is 4.79 Å². The van der Waals surface area contributed by atoms with E-state index in [9.17, 15) is 4.79 Å². The van der Waals surface area contributed by atoms with Crippen molar-refractivity contribution in [3.8, 4) is 0 Å². The molecule has 0 saturated carbocycles. The number of thiophene rings is 1. The van der Waals surface area contributed by atoms with E-state index in [1.165, 1.54) is 4.88 Å². The minimum absolute atomic E-state index is 0.146. The molecule has 2 N–H and O–H groups in total. The van der Waals surface area contributed by atoms with Crippen molar-refractivity contribution in [2.75, 3.05) is 39.8 Å². The van der Waals surface area contributed by atoms with Gasteiger partial charge >= 0.3 is 6.03 Å². The Balaban J connectivity index is 1.53. The molecule has 3 rings (SSSR count). The first-order valence-corrected chi connectivity index (χ1v) is 9.09. The van der Waals surface area contributed by atoms with Crippen molar-refractivity contribution in [1.82, 2.24) is 20.4 Å². The van der Waals surface area contributed by atoms with Gasteiger partial charge in [-0.1, -0.05) is 6.07 Å². The van der Waals surface area contributed by atoms with E-state index in [2.05, 4.69) is 45.0 Å². The highest BCUT2D eigenvalue weighted by Crippen LogP contribution is 2.25. The zero-order chi connectivity index (χ0) is 16.8. The topological polar surface area (TPSA) is 60.8 Å². The first-order chi connectivity index (χ1) is 11.7. The summed E-state index contributed by atoms with van der Waals surface area (Å²) in [5, 5.41) is 7.97.